The quantitative estimate of drug-likeness (QED) is 0.609. The Kier molecular flexibility index (Phi) is 5.73. The van der Waals surface area contributed by atoms with Crippen molar-refractivity contribution in [1.29, 1.82) is 0 Å². The van der Waals surface area contributed by atoms with Crippen molar-refractivity contribution in [3.63, 3.8) is 0 Å². The number of nitrogens with two attached hydrogens (primary N) is 1. The van der Waals surface area contributed by atoms with Crippen molar-refractivity contribution in [1.82, 2.24) is 9.62 Å². The summed E-state index contributed by atoms with van der Waals surface area (Å²) in [6.07, 6.45) is 3.22. The van der Waals surface area contributed by atoms with E-state index in [9.17, 15) is 8.42 Å². The van der Waals surface area contributed by atoms with Crippen molar-refractivity contribution in [3.8, 4) is 0 Å². The van der Waals surface area contributed by atoms with Gasteiger partial charge in [-0.1, -0.05) is 23.2 Å². The van der Waals surface area contributed by atoms with E-state index in [-0.39, 0.29) is 20.6 Å². The third kappa shape index (κ3) is 4.23. The molecule has 0 saturated carbocycles. The average Bonchev–Trinajstić information content (AvgIpc) is 2.94. The Hall–Kier alpha value is -0.530. The van der Waals surface area contributed by atoms with E-state index in [1.165, 1.54) is 25.0 Å². The SMILES string of the molecule is Nc1c(Cl)ccc(S(=O)(=O)NCCCN2CCCC2)c1Cl. The molecule has 1 fully saturated rings. The molecule has 8 heteroatoms. The van der Waals surface area contributed by atoms with Gasteiger partial charge < -0.3 is 10.6 Å². The van der Waals surface area contributed by atoms with Crippen molar-refractivity contribution in [2.45, 2.75) is 24.2 Å². The van der Waals surface area contributed by atoms with E-state index >= 15 is 0 Å². The lowest BCUT2D eigenvalue weighted by molar-refractivity contribution is 0.334. The second kappa shape index (κ2) is 7.15. The Balaban J connectivity index is 1.93. The first-order valence-corrected chi connectivity index (χ1v) is 9.11. The first-order valence-electron chi connectivity index (χ1n) is 6.87. The molecule has 0 bridgehead atoms. The molecule has 21 heavy (non-hydrogen) atoms. The predicted octanol–water partition coefficient (Wildman–Crippen LogP) is 2.34. The number of anilines is 1. The number of nitrogen functional groups attached to an aromatic ring is 1. The Labute approximate surface area is 135 Å². The molecular formula is C13H19Cl2N3O2S. The molecule has 1 aliphatic rings. The number of nitrogens with one attached hydrogen (secondary N) is 1. The molecule has 2 rings (SSSR count). The second-order valence-corrected chi connectivity index (χ2v) is 7.59. The third-order valence-corrected chi connectivity index (χ3v) is 5.87. The molecule has 1 aromatic carbocycles. The Morgan fingerprint density at radius 1 is 1.24 bits per heavy atom. The topological polar surface area (TPSA) is 75.4 Å². The van der Waals surface area contributed by atoms with Gasteiger partial charge in [-0.05, 0) is 51.0 Å². The molecule has 5 nitrogen and oxygen atoms in total. The number of halogens is 2. The fraction of sp³-hybridized carbons (Fsp3) is 0.538. The van der Waals surface area contributed by atoms with Gasteiger partial charge in [-0.25, -0.2) is 13.1 Å². The third-order valence-electron chi connectivity index (χ3n) is 3.52. The molecular weight excluding hydrogens is 333 g/mol. The minimum atomic E-state index is -3.67. The molecule has 118 valence electrons. The molecule has 0 radical (unpaired) electrons. The van der Waals surface area contributed by atoms with Crippen LogP contribution in [-0.4, -0.2) is 39.5 Å². The van der Waals surface area contributed by atoms with E-state index in [1.54, 1.807) is 0 Å². The molecule has 0 aromatic heterocycles. The molecule has 1 heterocycles. The maximum Gasteiger partial charge on any atom is 0.242 e. The van der Waals surface area contributed by atoms with Crippen LogP contribution in [0.1, 0.15) is 19.3 Å². The van der Waals surface area contributed by atoms with Crippen molar-refractivity contribution < 1.29 is 8.42 Å². The highest BCUT2D eigenvalue weighted by atomic mass is 35.5. The number of hydrogen-bond acceptors (Lipinski definition) is 4. The molecule has 0 atom stereocenters. The summed E-state index contributed by atoms with van der Waals surface area (Å²) in [5, 5.41) is 0.211. The molecule has 0 unspecified atom stereocenters. The number of nitrogens with zero attached hydrogens (tertiary/aromatic N) is 1. The smallest absolute Gasteiger partial charge is 0.242 e. The van der Waals surface area contributed by atoms with Gasteiger partial charge in [0, 0.05) is 6.54 Å². The first kappa shape index (κ1) is 16.8. The molecule has 1 aromatic rings. The molecule has 3 N–H and O–H groups in total. The molecule has 1 aliphatic heterocycles. The minimum Gasteiger partial charge on any atom is -0.396 e. The highest BCUT2D eigenvalue weighted by Crippen LogP contribution is 2.32. The van der Waals surface area contributed by atoms with E-state index < -0.39 is 10.0 Å². The van der Waals surface area contributed by atoms with Crippen LogP contribution in [0.25, 0.3) is 0 Å². The van der Waals surface area contributed by atoms with Gasteiger partial charge in [0.15, 0.2) is 0 Å². The summed E-state index contributed by atoms with van der Waals surface area (Å²) in [5.41, 5.74) is 5.74. The van der Waals surface area contributed by atoms with E-state index in [1.807, 2.05) is 0 Å². The Morgan fingerprint density at radius 2 is 1.90 bits per heavy atom. The highest BCUT2D eigenvalue weighted by Gasteiger charge is 2.20. The predicted molar refractivity (Wildman–Crippen MR) is 86.4 cm³/mol. The van der Waals surface area contributed by atoms with Gasteiger partial charge in [-0.15, -0.1) is 0 Å². The second-order valence-electron chi connectivity index (χ2n) is 5.07. The molecule has 0 amide bonds. The van der Waals surface area contributed by atoms with Crippen LogP contribution in [0.5, 0.6) is 0 Å². The summed E-state index contributed by atoms with van der Waals surface area (Å²) >= 11 is 11.8. The van der Waals surface area contributed by atoms with Gasteiger partial charge in [0.2, 0.25) is 10.0 Å². The largest absolute Gasteiger partial charge is 0.396 e. The Bertz CT molecular complexity index is 602. The van der Waals surface area contributed by atoms with Gasteiger partial charge in [0.1, 0.15) is 4.90 Å². The standard InChI is InChI=1S/C13H19Cl2N3O2S/c14-10-4-5-11(12(15)13(10)16)21(19,20)17-6-3-9-18-7-1-2-8-18/h4-5,17H,1-3,6-9,16H2. The van der Waals surface area contributed by atoms with Gasteiger partial charge in [0.25, 0.3) is 0 Å². The van der Waals surface area contributed by atoms with E-state index in [0.717, 1.165) is 26.1 Å². The zero-order valence-electron chi connectivity index (χ0n) is 11.6. The number of likely N-dealkylation sites (tertiary alicyclic amines) is 1. The lowest BCUT2D eigenvalue weighted by atomic mass is 10.3. The summed E-state index contributed by atoms with van der Waals surface area (Å²) in [6.45, 7) is 3.48. The molecule has 1 saturated heterocycles. The zero-order valence-corrected chi connectivity index (χ0v) is 13.9. The summed E-state index contributed by atoms with van der Waals surface area (Å²) in [5.74, 6) is 0. The number of benzene rings is 1. The molecule has 0 spiro atoms. The van der Waals surface area contributed by atoms with Gasteiger partial charge in [0.05, 0.1) is 15.7 Å². The summed E-state index contributed by atoms with van der Waals surface area (Å²) in [6, 6.07) is 2.80. The van der Waals surface area contributed by atoms with Crippen molar-refractivity contribution in [2.24, 2.45) is 0 Å². The Morgan fingerprint density at radius 3 is 2.57 bits per heavy atom. The van der Waals surface area contributed by atoms with E-state index in [4.69, 9.17) is 28.9 Å². The monoisotopic (exact) mass is 351 g/mol. The van der Waals surface area contributed by atoms with Crippen molar-refractivity contribution in [2.75, 3.05) is 31.9 Å². The van der Waals surface area contributed by atoms with Gasteiger partial charge in [-0.2, -0.15) is 0 Å². The van der Waals surface area contributed by atoms with Gasteiger partial charge in [-0.3, -0.25) is 0 Å². The number of hydrogen-bond donors (Lipinski definition) is 2. The lowest BCUT2D eigenvalue weighted by Crippen LogP contribution is -2.29. The van der Waals surface area contributed by atoms with Crippen LogP contribution in [0.2, 0.25) is 10.0 Å². The number of rotatable bonds is 6. The van der Waals surface area contributed by atoms with Crippen LogP contribution < -0.4 is 10.5 Å². The van der Waals surface area contributed by atoms with Crippen LogP contribution in [0.4, 0.5) is 5.69 Å². The average molecular weight is 352 g/mol. The van der Waals surface area contributed by atoms with Crippen molar-refractivity contribution in [3.05, 3.63) is 22.2 Å². The maximum atomic E-state index is 12.2. The highest BCUT2D eigenvalue weighted by molar-refractivity contribution is 7.89. The van der Waals surface area contributed by atoms with Gasteiger partial charge >= 0.3 is 0 Å². The fourth-order valence-corrected chi connectivity index (χ4v) is 4.19. The minimum absolute atomic E-state index is 0.0328. The normalized spacial score (nSPS) is 16.5. The van der Waals surface area contributed by atoms with Crippen LogP contribution in [0, 0.1) is 0 Å². The zero-order chi connectivity index (χ0) is 15.5. The van der Waals surface area contributed by atoms with Crippen molar-refractivity contribution >= 4 is 38.9 Å². The van der Waals surface area contributed by atoms with Crippen LogP contribution >= 0.6 is 23.2 Å². The van der Waals surface area contributed by atoms with Crippen LogP contribution in [0.15, 0.2) is 17.0 Å². The van der Waals surface area contributed by atoms with Crippen LogP contribution in [0.3, 0.4) is 0 Å². The maximum absolute atomic E-state index is 12.2. The molecule has 0 aliphatic carbocycles. The van der Waals surface area contributed by atoms with Crippen LogP contribution in [-0.2, 0) is 10.0 Å². The first-order chi connectivity index (χ1) is 9.92. The van der Waals surface area contributed by atoms with E-state index in [0.29, 0.717) is 6.54 Å². The summed E-state index contributed by atoms with van der Waals surface area (Å²) < 4.78 is 27.0. The summed E-state index contributed by atoms with van der Waals surface area (Å²) in [7, 11) is -3.67. The fourth-order valence-electron chi connectivity index (χ4n) is 2.35. The summed E-state index contributed by atoms with van der Waals surface area (Å²) in [4.78, 5) is 2.30. The lowest BCUT2D eigenvalue weighted by Gasteiger charge is -2.15. The number of sulfonamides is 1. The van der Waals surface area contributed by atoms with E-state index in [2.05, 4.69) is 9.62 Å².